The maximum atomic E-state index is 12.0. The second-order valence-electron chi connectivity index (χ2n) is 5.90. The Morgan fingerprint density at radius 1 is 1.08 bits per heavy atom. The van der Waals surface area contributed by atoms with Gasteiger partial charge in [-0.1, -0.05) is 28.1 Å². The number of rotatable bonds is 7. The zero-order valence-corrected chi connectivity index (χ0v) is 17.8. The van der Waals surface area contributed by atoms with Gasteiger partial charge < -0.3 is 15.0 Å². The Hall–Kier alpha value is -1.86. The molecule has 0 heterocycles. The molecular formula is C19H20Br2N2O3. The summed E-state index contributed by atoms with van der Waals surface area (Å²) in [5.41, 5.74) is 1.74. The lowest BCUT2D eigenvalue weighted by atomic mass is 10.1. The van der Waals surface area contributed by atoms with E-state index < -0.39 is 0 Å². The van der Waals surface area contributed by atoms with E-state index in [1.807, 2.05) is 36.4 Å². The van der Waals surface area contributed by atoms with Crippen LogP contribution in [0.2, 0.25) is 0 Å². The van der Waals surface area contributed by atoms with Crippen LogP contribution in [-0.4, -0.2) is 37.4 Å². The Kier molecular flexibility index (Phi) is 7.66. The van der Waals surface area contributed by atoms with Crippen molar-refractivity contribution < 1.29 is 14.3 Å². The highest BCUT2D eigenvalue weighted by Gasteiger charge is 2.08. The van der Waals surface area contributed by atoms with Crippen molar-refractivity contribution in [1.29, 1.82) is 0 Å². The summed E-state index contributed by atoms with van der Waals surface area (Å²) in [6.45, 7) is -0.0840. The lowest BCUT2D eigenvalue weighted by Crippen LogP contribution is -2.21. The van der Waals surface area contributed by atoms with Crippen molar-refractivity contribution >= 4 is 49.4 Å². The van der Waals surface area contributed by atoms with E-state index in [0.717, 1.165) is 14.5 Å². The summed E-state index contributed by atoms with van der Waals surface area (Å²) < 4.78 is 7.21. The van der Waals surface area contributed by atoms with Crippen LogP contribution in [0.25, 0.3) is 0 Å². The number of nitrogens with zero attached hydrogens (tertiary/aromatic N) is 1. The van der Waals surface area contributed by atoms with Gasteiger partial charge in [0.2, 0.25) is 5.91 Å². The third kappa shape index (κ3) is 6.46. The van der Waals surface area contributed by atoms with Crippen LogP contribution >= 0.6 is 31.9 Å². The van der Waals surface area contributed by atoms with Crippen LogP contribution < -0.4 is 10.1 Å². The number of hydrogen-bond donors (Lipinski definition) is 1. The summed E-state index contributed by atoms with van der Waals surface area (Å²) in [6.07, 6.45) is 1.14. The van der Waals surface area contributed by atoms with Crippen molar-refractivity contribution in [3.05, 3.63) is 57.0 Å². The van der Waals surface area contributed by atoms with Crippen LogP contribution in [0.4, 0.5) is 5.69 Å². The second kappa shape index (κ2) is 9.73. The predicted molar refractivity (Wildman–Crippen MR) is 109 cm³/mol. The molecule has 0 saturated heterocycles. The molecule has 0 aliphatic rings. The predicted octanol–water partition coefficient (Wildman–Crippen LogP) is 4.25. The van der Waals surface area contributed by atoms with Gasteiger partial charge >= 0.3 is 0 Å². The highest BCUT2D eigenvalue weighted by atomic mass is 79.9. The molecule has 0 aliphatic heterocycles. The Balaban J connectivity index is 1.82. The van der Waals surface area contributed by atoms with E-state index in [0.29, 0.717) is 24.3 Å². The number of nitrogens with one attached hydrogen (secondary N) is 1. The lowest BCUT2D eigenvalue weighted by molar-refractivity contribution is -0.128. The zero-order chi connectivity index (χ0) is 19.1. The summed E-state index contributed by atoms with van der Waals surface area (Å²) in [5, 5.41) is 2.79. The van der Waals surface area contributed by atoms with Gasteiger partial charge in [-0.15, -0.1) is 0 Å². The van der Waals surface area contributed by atoms with E-state index in [1.165, 1.54) is 0 Å². The normalized spacial score (nSPS) is 10.3. The van der Waals surface area contributed by atoms with Gasteiger partial charge in [0.15, 0.2) is 6.61 Å². The highest BCUT2D eigenvalue weighted by molar-refractivity contribution is 9.11. The van der Waals surface area contributed by atoms with Gasteiger partial charge in [0.1, 0.15) is 5.75 Å². The minimum atomic E-state index is -0.240. The molecular weight excluding hydrogens is 464 g/mol. The number of benzene rings is 2. The summed E-state index contributed by atoms with van der Waals surface area (Å²) >= 11 is 6.76. The third-order valence-electron chi connectivity index (χ3n) is 3.62. The van der Waals surface area contributed by atoms with Gasteiger partial charge in [-0.05, 0) is 58.2 Å². The molecule has 2 aromatic carbocycles. The van der Waals surface area contributed by atoms with Crippen molar-refractivity contribution in [1.82, 2.24) is 4.90 Å². The number of aryl methyl sites for hydroxylation is 1. The van der Waals surface area contributed by atoms with E-state index >= 15 is 0 Å². The first kappa shape index (κ1) is 20.5. The number of carbonyl (C=O) groups is 2. The molecule has 2 aromatic rings. The van der Waals surface area contributed by atoms with Crippen LogP contribution in [0, 0.1) is 0 Å². The number of anilines is 1. The Bertz CT molecular complexity index is 777. The fourth-order valence-corrected chi connectivity index (χ4v) is 3.32. The highest BCUT2D eigenvalue weighted by Crippen LogP contribution is 2.28. The van der Waals surface area contributed by atoms with Crippen LogP contribution in [0.15, 0.2) is 51.4 Å². The molecule has 5 nitrogen and oxygen atoms in total. The molecule has 0 unspecified atom stereocenters. The Labute approximate surface area is 170 Å². The molecule has 0 aromatic heterocycles. The average Bonchev–Trinajstić information content (AvgIpc) is 2.60. The van der Waals surface area contributed by atoms with Crippen LogP contribution in [0.1, 0.15) is 12.0 Å². The molecule has 0 atom stereocenters. The smallest absolute Gasteiger partial charge is 0.262 e. The number of halogens is 2. The van der Waals surface area contributed by atoms with Crippen molar-refractivity contribution in [3.8, 4) is 5.75 Å². The first-order valence-corrected chi connectivity index (χ1v) is 9.60. The fourth-order valence-electron chi connectivity index (χ4n) is 2.16. The Morgan fingerprint density at radius 2 is 1.77 bits per heavy atom. The molecule has 0 spiro atoms. The van der Waals surface area contributed by atoms with Gasteiger partial charge in [0, 0.05) is 30.7 Å². The standard InChI is InChI=1S/C19H20Br2N2O3/c1-23(2)19(25)10-5-13-3-7-15(8-4-13)22-18(24)12-26-17-9-6-14(20)11-16(17)21/h3-4,6-9,11H,5,10,12H2,1-2H3,(H,22,24). The van der Waals surface area contributed by atoms with E-state index in [9.17, 15) is 9.59 Å². The maximum absolute atomic E-state index is 12.0. The third-order valence-corrected chi connectivity index (χ3v) is 4.73. The Morgan fingerprint density at radius 3 is 2.38 bits per heavy atom. The van der Waals surface area contributed by atoms with Crippen LogP contribution in [0.3, 0.4) is 0 Å². The van der Waals surface area contributed by atoms with Crippen molar-refractivity contribution in [2.45, 2.75) is 12.8 Å². The first-order chi connectivity index (χ1) is 12.3. The average molecular weight is 484 g/mol. The zero-order valence-electron chi connectivity index (χ0n) is 14.6. The minimum Gasteiger partial charge on any atom is -0.483 e. The first-order valence-electron chi connectivity index (χ1n) is 8.02. The van der Waals surface area contributed by atoms with E-state index in [4.69, 9.17) is 4.74 Å². The summed E-state index contributed by atoms with van der Waals surface area (Å²) in [5.74, 6) is 0.457. The minimum absolute atomic E-state index is 0.0840. The summed E-state index contributed by atoms with van der Waals surface area (Å²) in [6, 6.07) is 12.9. The molecule has 0 fully saturated rings. The van der Waals surface area contributed by atoms with Crippen molar-refractivity contribution in [3.63, 3.8) is 0 Å². The number of ether oxygens (including phenoxy) is 1. The molecule has 7 heteroatoms. The van der Waals surface area contributed by atoms with Gasteiger partial charge in [-0.3, -0.25) is 9.59 Å². The number of hydrogen-bond acceptors (Lipinski definition) is 3. The second-order valence-corrected chi connectivity index (χ2v) is 7.67. The molecule has 0 saturated carbocycles. The SMILES string of the molecule is CN(C)C(=O)CCc1ccc(NC(=O)COc2ccc(Br)cc2Br)cc1. The molecule has 1 N–H and O–H groups in total. The van der Waals surface area contributed by atoms with Crippen molar-refractivity contribution in [2.24, 2.45) is 0 Å². The van der Waals surface area contributed by atoms with Crippen LogP contribution in [-0.2, 0) is 16.0 Å². The monoisotopic (exact) mass is 482 g/mol. The lowest BCUT2D eigenvalue weighted by Gasteiger charge is -2.11. The summed E-state index contributed by atoms with van der Waals surface area (Å²) in [7, 11) is 3.49. The topological polar surface area (TPSA) is 58.6 Å². The van der Waals surface area contributed by atoms with Gasteiger partial charge in [-0.25, -0.2) is 0 Å². The number of amides is 2. The molecule has 138 valence electrons. The van der Waals surface area contributed by atoms with Crippen molar-refractivity contribution in [2.75, 3.05) is 26.0 Å². The molecule has 0 radical (unpaired) electrons. The van der Waals surface area contributed by atoms with Crippen LogP contribution in [0.5, 0.6) is 5.75 Å². The molecule has 0 aliphatic carbocycles. The number of carbonyl (C=O) groups excluding carboxylic acids is 2. The van der Waals surface area contributed by atoms with Gasteiger partial charge in [0.05, 0.1) is 4.47 Å². The quantitative estimate of drug-likeness (QED) is 0.640. The maximum Gasteiger partial charge on any atom is 0.262 e. The fraction of sp³-hybridized carbons (Fsp3) is 0.263. The summed E-state index contributed by atoms with van der Waals surface area (Å²) in [4.78, 5) is 25.2. The van der Waals surface area contributed by atoms with Gasteiger partial charge in [0.25, 0.3) is 5.91 Å². The molecule has 2 amide bonds. The van der Waals surface area contributed by atoms with E-state index in [-0.39, 0.29) is 18.4 Å². The molecule has 26 heavy (non-hydrogen) atoms. The van der Waals surface area contributed by atoms with Gasteiger partial charge in [-0.2, -0.15) is 0 Å². The van der Waals surface area contributed by atoms with E-state index in [2.05, 4.69) is 37.2 Å². The molecule has 0 bridgehead atoms. The molecule has 2 rings (SSSR count). The van der Waals surface area contributed by atoms with E-state index in [1.54, 1.807) is 25.1 Å². The largest absolute Gasteiger partial charge is 0.483 e.